The zero-order valence-corrected chi connectivity index (χ0v) is 7.81. The van der Waals surface area contributed by atoms with Crippen molar-refractivity contribution in [1.82, 2.24) is 9.97 Å². The number of morpholine rings is 1. The van der Waals surface area contributed by atoms with Crippen LogP contribution in [0, 0.1) is 0 Å². The molecule has 3 N–H and O–H groups in total. The highest BCUT2D eigenvalue weighted by Crippen LogP contribution is 2.14. The molecule has 1 aromatic rings. The van der Waals surface area contributed by atoms with Gasteiger partial charge in [-0.1, -0.05) is 0 Å². The number of rotatable bonds is 2. The van der Waals surface area contributed by atoms with Gasteiger partial charge in [0.1, 0.15) is 18.0 Å². The SMILES string of the molecule is NNc1cc(N2CCOCC2)ncn1. The molecule has 0 aromatic carbocycles. The minimum absolute atomic E-state index is 0.626. The van der Waals surface area contributed by atoms with Gasteiger partial charge < -0.3 is 15.1 Å². The van der Waals surface area contributed by atoms with Crippen molar-refractivity contribution in [2.45, 2.75) is 0 Å². The molecule has 1 aliphatic heterocycles. The van der Waals surface area contributed by atoms with Crippen LogP contribution in [0.5, 0.6) is 0 Å². The predicted octanol–water partition coefficient (Wildman–Crippen LogP) is -0.401. The van der Waals surface area contributed by atoms with Gasteiger partial charge in [0.25, 0.3) is 0 Å². The first-order valence-corrected chi connectivity index (χ1v) is 4.51. The molecule has 6 nitrogen and oxygen atoms in total. The van der Waals surface area contributed by atoms with Crippen molar-refractivity contribution in [3.05, 3.63) is 12.4 Å². The molecule has 14 heavy (non-hydrogen) atoms. The van der Waals surface area contributed by atoms with Crippen LogP contribution in [0.1, 0.15) is 0 Å². The maximum Gasteiger partial charge on any atom is 0.145 e. The molecule has 1 fully saturated rings. The monoisotopic (exact) mass is 195 g/mol. The van der Waals surface area contributed by atoms with Crippen LogP contribution in [-0.2, 0) is 4.74 Å². The Hall–Kier alpha value is -1.40. The van der Waals surface area contributed by atoms with E-state index in [1.54, 1.807) is 0 Å². The van der Waals surface area contributed by atoms with Gasteiger partial charge in [-0.3, -0.25) is 0 Å². The van der Waals surface area contributed by atoms with Crippen LogP contribution >= 0.6 is 0 Å². The second kappa shape index (κ2) is 4.21. The number of ether oxygens (including phenoxy) is 1. The lowest BCUT2D eigenvalue weighted by atomic mass is 10.4. The standard InChI is InChI=1S/C8H13N5O/c9-12-7-5-8(11-6-10-7)13-1-3-14-4-2-13/h5-6H,1-4,9H2,(H,10,11,12). The number of hydrogen-bond acceptors (Lipinski definition) is 6. The first-order chi connectivity index (χ1) is 6.90. The Morgan fingerprint density at radius 3 is 2.86 bits per heavy atom. The fourth-order valence-electron chi connectivity index (χ4n) is 1.39. The van der Waals surface area contributed by atoms with E-state index < -0.39 is 0 Å². The molecule has 2 rings (SSSR count). The molecule has 1 aromatic heterocycles. The first-order valence-electron chi connectivity index (χ1n) is 4.51. The summed E-state index contributed by atoms with van der Waals surface area (Å²) in [5, 5.41) is 0. The average molecular weight is 195 g/mol. The Kier molecular flexibility index (Phi) is 2.76. The molecule has 1 aliphatic rings. The summed E-state index contributed by atoms with van der Waals surface area (Å²) in [7, 11) is 0. The predicted molar refractivity (Wildman–Crippen MR) is 52.9 cm³/mol. The van der Waals surface area contributed by atoms with Gasteiger partial charge in [0.15, 0.2) is 0 Å². The Morgan fingerprint density at radius 1 is 1.36 bits per heavy atom. The van der Waals surface area contributed by atoms with Crippen molar-refractivity contribution >= 4 is 11.6 Å². The molecule has 1 saturated heterocycles. The summed E-state index contributed by atoms with van der Waals surface area (Å²) in [6, 6.07) is 1.82. The highest BCUT2D eigenvalue weighted by molar-refractivity contribution is 5.47. The zero-order valence-electron chi connectivity index (χ0n) is 7.81. The normalized spacial score (nSPS) is 16.8. The summed E-state index contributed by atoms with van der Waals surface area (Å²) in [5.74, 6) is 6.78. The number of nitrogens with one attached hydrogen (secondary N) is 1. The van der Waals surface area contributed by atoms with E-state index in [9.17, 15) is 0 Å². The molecule has 0 spiro atoms. The van der Waals surface area contributed by atoms with Crippen LogP contribution in [0.25, 0.3) is 0 Å². The quantitative estimate of drug-likeness (QED) is 0.494. The number of anilines is 2. The summed E-state index contributed by atoms with van der Waals surface area (Å²) < 4.78 is 5.25. The van der Waals surface area contributed by atoms with Crippen LogP contribution in [0.2, 0.25) is 0 Å². The minimum atomic E-state index is 0.626. The number of hydrazine groups is 1. The van der Waals surface area contributed by atoms with Gasteiger partial charge in [-0.25, -0.2) is 15.8 Å². The second-order valence-corrected chi connectivity index (χ2v) is 3.01. The largest absolute Gasteiger partial charge is 0.378 e. The lowest BCUT2D eigenvalue weighted by molar-refractivity contribution is 0.122. The van der Waals surface area contributed by atoms with Crippen LogP contribution < -0.4 is 16.2 Å². The fourth-order valence-corrected chi connectivity index (χ4v) is 1.39. The van der Waals surface area contributed by atoms with E-state index in [1.807, 2.05) is 6.07 Å². The summed E-state index contributed by atoms with van der Waals surface area (Å²) in [6.07, 6.45) is 1.50. The van der Waals surface area contributed by atoms with E-state index in [1.165, 1.54) is 6.33 Å². The lowest BCUT2D eigenvalue weighted by Crippen LogP contribution is -2.36. The molecule has 0 unspecified atom stereocenters. The molecule has 2 heterocycles. The fraction of sp³-hybridized carbons (Fsp3) is 0.500. The third-order valence-electron chi connectivity index (χ3n) is 2.14. The van der Waals surface area contributed by atoms with E-state index in [4.69, 9.17) is 10.6 Å². The van der Waals surface area contributed by atoms with Gasteiger partial charge in [-0.2, -0.15) is 0 Å². The highest BCUT2D eigenvalue weighted by atomic mass is 16.5. The molecule has 0 aliphatic carbocycles. The summed E-state index contributed by atoms with van der Waals surface area (Å²) in [5.41, 5.74) is 2.50. The smallest absolute Gasteiger partial charge is 0.145 e. The van der Waals surface area contributed by atoms with Crippen LogP contribution in [0.15, 0.2) is 12.4 Å². The molecule has 6 heteroatoms. The lowest BCUT2D eigenvalue weighted by Gasteiger charge is -2.27. The van der Waals surface area contributed by atoms with Crippen molar-refractivity contribution in [2.75, 3.05) is 36.6 Å². The van der Waals surface area contributed by atoms with Crippen molar-refractivity contribution in [3.8, 4) is 0 Å². The minimum Gasteiger partial charge on any atom is -0.378 e. The van der Waals surface area contributed by atoms with Gasteiger partial charge >= 0.3 is 0 Å². The maximum absolute atomic E-state index is 5.26. The maximum atomic E-state index is 5.26. The van der Waals surface area contributed by atoms with Gasteiger partial charge in [-0.15, -0.1) is 0 Å². The first kappa shape index (κ1) is 9.17. The molecule has 0 saturated carbocycles. The van der Waals surface area contributed by atoms with E-state index in [2.05, 4.69) is 20.3 Å². The zero-order chi connectivity index (χ0) is 9.80. The van der Waals surface area contributed by atoms with E-state index in [0.29, 0.717) is 5.82 Å². The van der Waals surface area contributed by atoms with Crippen molar-refractivity contribution in [2.24, 2.45) is 5.84 Å². The summed E-state index contributed by atoms with van der Waals surface area (Å²) in [4.78, 5) is 10.3. The summed E-state index contributed by atoms with van der Waals surface area (Å²) >= 11 is 0. The Balaban J connectivity index is 2.13. The highest BCUT2D eigenvalue weighted by Gasteiger charge is 2.12. The third-order valence-corrected chi connectivity index (χ3v) is 2.14. The van der Waals surface area contributed by atoms with E-state index in [0.717, 1.165) is 32.1 Å². The summed E-state index contributed by atoms with van der Waals surface area (Å²) in [6.45, 7) is 3.22. The second-order valence-electron chi connectivity index (χ2n) is 3.01. The van der Waals surface area contributed by atoms with Crippen molar-refractivity contribution in [1.29, 1.82) is 0 Å². The molecule has 0 bridgehead atoms. The Bertz CT molecular complexity index is 300. The molecule has 0 amide bonds. The number of nitrogens with zero attached hydrogens (tertiary/aromatic N) is 3. The van der Waals surface area contributed by atoms with Gasteiger partial charge in [0, 0.05) is 19.2 Å². The molecular weight excluding hydrogens is 182 g/mol. The molecular formula is C8H13N5O. The number of hydrogen-bond donors (Lipinski definition) is 2. The third kappa shape index (κ3) is 1.91. The average Bonchev–Trinajstić information content (AvgIpc) is 2.30. The Labute approximate surface area is 82.1 Å². The van der Waals surface area contributed by atoms with E-state index in [-0.39, 0.29) is 0 Å². The molecule has 76 valence electrons. The Morgan fingerprint density at radius 2 is 2.14 bits per heavy atom. The van der Waals surface area contributed by atoms with Crippen molar-refractivity contribution in [3.63, 3.8) is 0 Å². The van der Waals surface area contributed by atoms with Crippen LogP contribution in [0.4, 0.5) is 11.6 Å². The van der Waals surface area contributed by atoms with Gasteiger partial charge in [0.2, 0.25) is 0 Å². The number of aromatic nitrogens is 2. The van der Waals surface area contributed by atoms with Crippen LogP contribution in [-0.4, -0.2) is 36.3 Å². The van der Waals surface area contributed by atoms with Gasteiger partial charge in [0.05, 0.1) is 13.2 Å². The van der Waals surface area contributed by atoms with E-state index >= 15 is 0 Å². The number of nitrogens with two attached hydrogens (primary N) is 1. The topological polar surface area (TPSA) is 76.3 Å². The van der Waals surface area contributed by atoms with Crippen molar-refractivity contribution < 1.29 is 4.74 Å². The molecule has 0 atom stereocenters. The number of nitrogen functional groups attached to an aromatic ring is 1. The molecule has 0 radical (unpaired) electrons. The van der Waals surface area contributed by atoms with Crippen LogP contribution in [0.3, 0.4) is 0 Å². The van der Waals surface area contributed by atoms with Gasteiger partial charge in [-0.05, 0) is 0 Å².